The highest BCUT2D eigenvalue weighted by Gasteiger charge is 2.11. The second kappa shape index (κ2) is 9.78. The Balaban J connectivity index is 1.50. The van der Waals surface area contributed by atoms with E-state index in [0.717, 1.165) is 39.8 Å². The Morgan fingerprint density at radius 3 is 2.36 bits per heavy atom. The Morgan fingerprint density at radius 1 is 0.909 bits per heavy atom. The van der Waals surface area contributed by atoms with Crippen molar-refractivity contribution in [2.75, 3.05) is 0 Å². The van der Waals surface area contributed by atoms with Crippen LogP contribution in [0.2, 0.25) is 0 Å². The minimum atomic E-state index is -0.565. The van der Waals surface area contributed by atoms with Crippen molar-refractivity contribution in [3.8, 4) is 22.8 Å². The summed E-state index contributed by atoms with van der Waals surface area (Å²) >= 11 is 0. The second-order valence-electron chi connectivity index (χ2n) is 8.15. The third-order valence-corrected chi connectivity index (χ3v) is 5.61. The van der Waals surface area contributed by atoms with Gasteiger partial charge in [-0.15, -0.1) is 0 Å². The van der Waals surface area contributed by atoms with Gasteiger partial charge in [0.1, 0.15) is 23.1 Å². The SMILES string of the molecule is C=C(CCc1cc(F)cc(F)c1)c1cccc(Oc2ccnc(-c3ccc(C)cc3)c2)c1C. The lowest BCUT2D eigenvalue weighted by atomic mass is 9.96. The minimum Gasteiger partial charge on any atom is -0.457 e. The van der Waals surface area contributed by atoms with Gasteiger partial charge in [-0.2, -0.15) is 0 Å². The van der Waals surface area contributed by atoms with Crippen LogP contribution in [0.5, 0.6) is 11.5 Å². The van der Waals surface area contributed by atoms with Crippen LogP contribution in [0.15, 0.2) is 85.6 Å². The van der Waals surface area contributed by atoms with Gasteiger partial charge in [-0.3, -0.25) is 4.98 Å². The predicted octanol–water partition coefficient (Wildman–Crippen LogP) is 8.08. The Bertz CT molecular complexity index is 1280. The van der Waals surface area contributed by atoms with Crippen molar-refractivity contribution in [1.29, 1.82) is 0 Å². The topological polar surface area (TPSA) is 22.1 Å². The standard InChI is InChI=1S/C29H25F2NO/c1-19-7-11-23(12-8-19)28-18-26(13-14-32-28)33-29-6-4-5-27(21(29)3)20(2)9-10-22-15-24(30)17-25(31)16-22/h4-8,11-18H,2,9-10H2,1,3H3. The summed E-state index contributed by atoms with van der Waals surface area (Å²) in [7, 11) is 0. The summed E-state index contributed by atoms with van der Waals surface area (Å²) in [6.45, 7) is 8.24. The molecule has 0 spiro atoms. The van der Waals surface area contributed by atoms with Crippen molar-refractivity contribution in [1.82, 2.24) is 4.98 Å². The van der Waals surface area contributed by atoms with Crippen molar-refractivity contribution >= 4 is 5.57 Å². The minimum absolute atomic E-state index is 0.502. The lowest BCUT2D eigenvalue weighted by Crippen LogP contribution is -1.96. The lowest BCUT2D eigenvalue weighted by Gasteiger charge is -2.15. The number of hydrogen-bond acceptors (Lipinski definition) is 2. The summed E-state index contributed by atoms with van der Waals surface area (Å²) in [6.07, 6.45) is 2.82. The van der Waals surface area contributed by atoms with E-state index in [1.54, 1.807) is 6.20 Å². The third-order valence-electron chi connectivity index (χ3n) is 5.61. The molecule has 0 saturated heterocycles. The molecule has 1 heterocycles. The van der Waals surface area contributed by atoms with Gasteiger partial charge in [0.25, 0.3) is 0 Å². The van der Waals surface area contributed by atoms with Crippen LogP contribution in [0.3, 0.4) is 0 Å². The fraction of sp³-hybridized carbons (Fsp3) is 0.138. The summed E-state index contributed by atoms with van der Waals surface area (Å²) in [5.41, 5.74) is 6.49. The number of ether oxygens (including phenoxy) is 1. The monoisotopic (exact) mass is 441 g/mol. The third kappa shape index (κ3) is 5.53. The molecule has 1 aromatic heterocycles. The van der Waals surface area contributed by atoms with Gasteiger partial charge in [-0.25, -0.2) is 8.78 Å². The highest BCUT2D eigenvalue weighted by molar-refractivity contribution is 5.69. The Labute approximate surface area is 193 Å². The van der Waals surface area contributed by atoms with E-state index in [1.165, 1.54) is 17.7 Å². The van der Waals surface area contributed by atoms with E-state index in [1.807, 2.05) is 49.4 Å². The second-order valence-corrected chi connectivity index (χ2v) is 8.15. The Kier molecular flexibility index (Phi) is 6.64. The molecule has 166 valence electrons. The van der Waals surface area contributed by atoms with Crippen LogP contribution in [0.25, 0.3) is 16.8 Å². The number of nitrogens with zero attached hydrogens (tertiary/aromatic N) is 1. The van der Waals surface area contributed by atoms with Gasteiger partial charge in [0.2, 0.25) is 0 Å². The molecule has 4 aromatic rings. The molecule has 0 unspecified atom stereocenters. The number of aromatic nitrogens is 1. The number of halogens is 2. The summed E-state index contributed by atoms with van der Waals surface area (Å²) in [5, 5.41) is 0. The first-order valence-corrected chi connectivity index (χ1v) is 10.8. The van der Waals surface area contributed by atoms with Gasteiger partial charge in [0.05, 0.1) is 5.69 Å². The van der Waals surface area contributed by atoms with Crippen LogP contribution in [0.4, 0.5) is 8.78 Å². The van der Waals surface area contributed by atoms with E-state index < -0.39 is 11.6 Å². The van der Waals surface area contributed by atoms with Gasteiger partial charge >= 0.3 is 0 Å². The molecule has 0 atom stereocenters. The van der Waals surface area contributed by atoms with Crippen LogP contribution < -0.4 is 4.74 Å². The fourth-order valence-corrected chi connectivity index (χ4v) is 3.78. The molecule has 0 fully saturated rings. The molecule has 0 aliphatic rings. The quantitative estimate of drug-likeness (QED) is 0.289. The zero-order chi connectivity index (χ0) is 23.4. The molecule has 3 aromatic carbocycles. The largest absolute Gasteiger partial charge is 0.457 e. The molecule has 4 heteroatoms. The first kappa shape index (κ1) is 22.4. The predicted molar refractivity (Wildman–Crippen MR) is 129 cm³/mol. The van der Waals surface area contributed by atoms with Crippen LogP contribution >= 0.6 is 0 Å². The average Bonchev–Trinajstić information content (AvgIpc) is 2.79. The van der Waals surface area contributed by atoms with Gasteiger partial charge in [0, 0.05) is 23.9 Å². The van der Waals surface area contributed by atoms with E-state index in [9.17, 15) is 8.78 Å². The van der Waals surface area contributed by atoms with Crippen molar-refractivity contribution in [2.45, 2.75) is 26.7 Å². The Morgan fingerprint density at radius 2 is 1.64 bits per heavy atom. The first-order valence-electron chi connectivity index (χ1n) is 10.8. The molecule has 0 radical (unpaired) electrons. The number of pyridine rings is 1. The average molecular weight is 442 g/mol. The van der Waals surface area contributed by atoms with Crippen LogP contribution in [-0.4, -0.2) is 4.98 Å². The molecule has 0 saturated carbocycles. The maximum absolute atomic E-state index is 13.5. The molecule has 33 heavy (non-hydrogen) atoms. The van der Waals surface area contributed by atoms with E-state index in [-0.39, 0.29) is 0 Å². The molecule has 4 rings (SSSR count). The number of rotatable bonds is 7. The van der Waals surface area contributed by atoms with E-state index in [2.05, 4.69) is 30.6 Å². The number of benzene rings is 3. The molecule has 0 N–H and O–H groups in total. The first-order chi connectivity index (χ1) is 15.9. The van der Waals surface area contributed by atoms with Gasteiger partial charge in [-0.1, -0.05) is 48.5 Å². The van der Waals surface area contributed by atoms with Crippen molar-refractivity contribution in [2.24, 2.45) is 0 Å². The fourth-order valence-electron chi connectivity index (χ4n) is 3.78. The van der Waals surface area contributed by atoms with Crippen molar-refractivity contribution < 1.29 is 13.5 Å². The van der Waals surface area contributed by atoms with Gasteiger partial charge in [-0.05, 0) is 73.2 Å². The van der Waals surface area contributed by atoms with Crippen molar-refractivity contribution in [3.63, 3.8) is 0 Å². The highest BCUT2D eigenvalue weighted by atomic mass is 19.1. The van der Waals surface area contributed by atoms with E-state index in [0.29, 0.717) is 24.2 Å². The smallest absolute Gasteiger partial charge is 0.131 e. The summed E-state index contributed by atoms with van der Waals surface area (Å²) in [5.74, 6) is 0.294. The summed E-state index contributed by atoms with van der Waals surface area (Å²) in [6, 6.07) is 21.4. The number of allylic oxidation sites excluding steroid dienone is 1. The van der Waals surface area contributed by atoms with Crippen LogP contribution in [0, 0.1) is 25.5 Å². The molecule has 0 amide bonds. The zero-order valence-corrected chi connectivity index (χ0v) is 18.7. The van der Waals surface area contributed by atoms with E-state index >= 15 is 0 Å². The maximum atomic E-state index is 13.5. The molecular weight excluding hydrogens is 416 g/mol. The summed E-state index contributed by atoms with van der Waals surface area (Å²) in [4.78, 5) is 4.47. The molecule has 0 aliphatic carbocycles. The van der Waals surface area contributed by atoms with Gasteiger partial charge in [0.15, 0.2) is 0 Å². The van der Waals surface area contributed by atoms with Crippen molar-refractivity contribution in [3.05, 3.63) is 119 Å². The Hall–Kier alpha value is -3.79. The van der Waals surface area contributed by atoms with Crippen LogP contribution in [0.1, 0.15) is 28.7 Å². The molecule has 2 nitrogen and oxygen atoms in total. The van der Waals surface area contributed by atoms with E-state index in [4.69, 9.17) is 4.74 Å². The zero-order valence-electron chi connectivity index (χ0n) is 18.7. The molecule has 0 bridgehead atoms. The number of aryl methyl sites for hydroxylation is 2. The summed E-state index contributed by atoms with van der Waals surface area (Å²) < 4.78 is 33.1. The lowest BCUT2D eigenvalue weighted by molar-refractivity contribution is 0.478. The van der Waals surface area contributed by atoms with Gasteiger partial charge < -0.3 is 4.74 Å². The maximum Gasteiger partial charge on any atom is 0.131 e. The molecular formula is C29H25F2NO. The van der Waals surface area contributed by atoms with Crippen LogP contribution in [-0.2, 0) is 6.42 Å². The highest BCUT2D eigenvalue weighted by Crippen LogP contribution is 2.32. The number of hydrogen-bond donors (Lipinski definition) is 0. The normalized spacial score (nSPS) is 10.8. The molecule has 0 aliphatic heterocycles.